The fourth-order valence-electron chi connectivity index (χ4n) is 1.39. The average Bonchev–Trinajstić information content (AvgIpc) is 2.11. The van der Waals surface area contributed by atoms with E-state index in [0.717, 1.165) is 6.54 Å². The molecule has 0 aliphatic rings. The van der Waals surface area contributed by atoms with Gasteiger partial charge in [0.25, 0.3) is 0 Å². The quantitative estimate of drug-likeness (QED) is 0.816. The Morgan fingerprint density at radius 2 is 2.13 bits per heavy atom. The standard InChI is InChI=1S/C10H17FN4/c1-7(5-15(3)4)14-10-9(11)8(2)12-6-13-10/h6-7H,5H2,1-4H3,(H,12,13,14). The monoisotopic (exact) mass is 212 g/mol. The number of anilines is 1. The second-order valence-electron chi connectivity index (χ2n) is 3.93. The molecule has 1 unspecified atom stereocenters. The molecule has 0 aromatic carbocycles. The van der Waals surface area contributed by atoms with Crippen LogP contribution in [-0.4, -0.2) is 41.5 Å². The van der Waals surface area contributed by atoms with Crippen LogP contribution in [0.3, 0.4) is 0 Å². The normalized spacial score (nSPS) is 12.9. The highest BCUT2D eigenvalue weighted by Crippen LogP contribution is 2.12. The predicted molar refractivity (Wildman–Crippen MR) is 58.4 cm³/mol. The molecule has 1 heterocycles. The van der Waals surface area contributed by atoms with E-state index in [-0.39, 0.29) is 17.7 Å². The molecule has 0 bridgehead atoms. The second kappa shape index (κ2) is 5.02. The first-order valence-corrected chi connectivity index (χ1v) is 4.89. The lowest BCUT2D eigenvalue weighted by atomic mass is 10.3. The minimum atomic E-state index is -0.372. The van der Waals surface area contributed by atoms with Crippen LogP contribution < -0.4 is 5.32 Å². The van der Waals surface area contributed by atoms with Gasteiger partial charge in [0.1, 0.15) is 6.33 Å². The van der Waals surface area contributed by atoms with Crippen LogP contribution >= 0.6 is 0 Å². The molecule has 84 valence electrons. The van der Waals surface area contributed by atoms with Gasteiger partial charge in [-0.25, -0.2) is 14.4 Å². The molecule has 0 aliphatic heterocycles. The van der Waals surface area contributed by atoms with E-state index in [1.165, 1.54) is 6.33 Å². The highest BCUT2D eigenvalue weighted by molar-refractivity contribution is 5.37. The molecular weight excluding hydrogens is 195 g/mol. The lowest BCUT2D eigenvalue weighted by Crippen LogP contribution is -2.30. The first-order chi connectivity index (χ1) is 7.00. The number of aromatic nitrogens is 2. The summed E-state index contributed by atoms with van der Waals surface area (Å²) < 4.78 is 13.5. The summed E-state index contributed by atoms with van der Waals surface area (Å²) in [5.41, 5.74) is 0.365. The van der Waals surface area contributed by atoms with Gasteiger partial charge >= 0.3 is 0 Å². The van der Waals surface area contributed by atoms with Crippen LogP contribution in [0.1, 0.15) is 12.6 Å². The molecule has 0 spiro atoms. The van der Waals surface area contributed by atoms with E-state index in [1.807, 2.05) is 25.9 Å². The van der Waals surface area contributed by atoms with Gasteiger partial charge in [0, 0.05) is 12.6 Å². The Morgan fingerprint density at radius 1 is 1.47 bits per heavy atom. The minimum Gasteiger partial charge on any atom is -0.364 e. The summed E-state index contributed by atoms with van der Waals surface area (Å²) in [5, 5.41) is 3.01. The van der Waals surface area contributed by atoms with Gasteiger partial charge in [0.2, 0.25) is 0 Å². The third kappa shape index (κ3) is 3.43. The molecule has 1 aromatic heterocycles. The molecule has 0 radical (unpaired) electrons. The lowest BCUT2D eigenvalue weighted by Gasteiger charge is -2.19. The smallest absolute Gasteiger partial charge is 0.186 e. The Hall–Kier alpha value is -1.23. The van der Waals surface area contributed by atoms with Crippen molar-refractivity contribution in [3.8, 4) is 0 Å². The maximum Gasteiger partial charge on any atom is 0.186 e. The number of likely N-dealkylation sites (N-methyl/N-ethyl adjacent to an activating group) is 1. The zero-order valence-electron chi connectivity index (χ0n) is 9.58. The van der Waals surface area contributed by atoms with Crippen molar-refractivity contribution in [2.24, 2.45) is 0 Å². The van der Waals surface area contributed by atoms with Gasteiger partial charge in [-0.3, -0.25) is 0 Å². The number of hydrogen-bond donors (Lipinski definition) is 1. The van der Waals surface area contributed by atoms with Crippen LogP contribution in [0.2, 0.25) is 0 Å². The molecule has 0 saturated carbocycles. The van der Waals surface area contributed by atoms with E-state index in [2.05, 4.69) is 15.3 Å². The number of aryl methyl sites for hydroxylation is 1. The van der Waals surface area contributed by atoms with Gasteiger partial charge in [-0.1, -0.05) is 0 Å². The fraction of sp³-hybridized carbons (Fsp3) is 0.600. The second-order valence-corrected chi connectivity index (χ2v) is 3.93. The highest BCUT2D eigenvalue weighted by Gasteiger charge is 2.10. The summed E-state index contributed by atoms with van der Waals surface area (Å²) in [7, 11) is 3.94. The van der Waals surface area contributed by atoms with Crippen molar-refractivity contribution in [2.45, 2.75) is 19.9 Å². The van der Waals surface area contributed by atoms with Gasteiger partial charge < -0.3 is 10.2 Å². The molecule has 0 amide bonds. The summed E-state index contributed by atoms with van der Waals surface area (Å²) in [6.45, 7) is 4.43. The van der Waals surface area contributed by atoms with E-state index in [0.29, 0.717) is 5.69 Å². The summed E-state index contributed by atoms with van der Waals surface area (Å²) in [5.74, 6) is -0.0973. The maximum atomic E-state index is 13.5. The Bertz CT molecular complexity index is 327. The lowest BCUT2D eigenvalue weighted by molar-refractivity contribution is 0.391. The van der Waals surface area contributed by atoms with Crippen LogP contribution in [0, 0.1) is 12.7 Å². The number of rotatable bonds is 4. The minimum absolute atomic E-state index is 0.142. The van der Waals surface area contributed by atoms with Gasteiger partial charge in [0.15, 0.2) is 11.6 Å². The molecule has 1 aromatic rings. The molecule has 15 heavy (non-hydrogen) atoms. The van der Waals surface area contributed by atoms with Crippen LogP contribution in [0.5, 0.6) is 0 Å². The summed E-state index contributed by atoms with van der Waals surface area (Å²) in [6.07, 6.45) is 1.36. The van der Waals surface area contributed by atoms with E-state index >= 15 is 0 Å². The average molecular weight is 212 g/mol. The zero-order valence-corrected chi connectivity index (χ0v) is 9.58. The topological polar surface area (TPSA) is 41.1 Å². The largest absolute Gasteiger partial charge is 0.364 e. The van der Waals surface area contributed by atoms with Crippen molar-refractivity contribution in [3.05, 3.63) is 17.8 Å². The zero-order chi connectivity index (χ0) is 11.4. The van der Waals surface area contributed by atoms with Crippen LogP contribution in [0.15, 0.2) is 6.33 Å². The summed E-state index contributed by atoms with van der Waals surface area (Å²) >= 11 is 0. The summed E-state index contributed by atoms with van der Waals surface area (Å²) in [4.78, 5) is 9.67. The van der Waals surface area contributed by atoms with Crippen molar-refractivity contribution in [3.63, 3.8) is 0 Å². The van der Waals surface area contributed by atoms with E-state index in [1.54, 1.807) is 6.92 Å². The van der Waals surface area contributed by atoms with Crippen molar-refractivity contribution >= 4 is 5.82 Å². The summed E-state index contributed by atoms with van der Waals surface area (Å²) in [6, 6.07) is 0.142. The van der Waals surface area contributed by atoms with E-state index in [4.69, 9.17) is 0 Å². The predicted octanol–water partition coefficient (Wildman–Crippen LogP) is 1.29. The van der Waals surface area contributed by atoms with Gasteiger partial charge in [-0.2, -0.15) is 0 Å². The molecular formula is C10H17FN4. The van der Waals surface area contributed by atoms with Crippen molar-refractivity contribution < 1.29 is 4.39 Å². The molecule has 0 saturated heterocycles. The molecule has 0 aliphatic carbocycles. The van der Waals surface area contributed by atoms with Crippen molar-refractivity contribution in [1.29, 1.82) is 0 Å². The van der Waals surface area contributed by atoms with Gasteiger partial charge in [0.05, 0.1) is 5.69 Å². The molecule has 1 N–H and O–H groups in total. The number of hydrogen-bond acceptors (Lipinski definition) is 4. The Morgan fingerprint density at radius 3 is 2.73 bits per heavy atom. The van der Waals surface area contributed by atoms with Gasteiger partial charge in [-0.05, 0) is 27.9 Å². The Labute approximate surface area is 89.5 Å². The molecule has 1 atom stereocenters. The fourth-order valence-corrected chi connectivity index (χ4v) is 1.39. The maximum absolute atomic E-state index is 13.5. The Kier molecular flexibility index (Phi) is 3.96. The van der Waals surface area contributed by atoms with Crippen LogP contribution in [0.4, 0.5) is 10.2 Å². The van der Waals surface area contributed by atoms with Crippen molar-refractivity contribution in [2.75, 3.05) is 26.0 Å². The Balaban J connectivity index is 2.68. The number of nitrogens with zero attached hydrogens (tertiary/aromatic N) is 3. The number of halogens is 1. The third-order valence-electron chi connectivity index (χ3n) is 1.99. The molecule has 5 heteroatoms. The van der Waals surface area contributed by atoms with E-state index in [9.17, 15) is 4.39 Å². The first-order valence-electron chi connectivity index (χ1n) is 4.89. The first kappa shape index (κ1) is 11.8. The highest BCUT2D eigenvalue weighted by atomic mass is 19.1. The van der Waals surface area contributed by atoms with E-state index < -0.39 is 0 Å². The van der Waals surface area contributed by atoms with Gasteiger partial charge in [-0.15, -0.1) is 0 Å². The van der Waals surface area contributed by atoms with Crippen molar-refractivity contribution in [1.82, 2.24) is 14.9 Å². The SMILES string of the molecule is Cc1ncnc(NC(C)CN(C)C)c1F. The molecule has 1 rings (SSSR count). The number of nitrogens with one attached hydrogen (secondary N) is 1. The molecule has 4 nitrogen and oxygen atoms in total. The van der Waals surface area contributed by atoms with Crippen LogP contribution in [0.25, 0.3) is 0 Å². The van der Waals surface area contributed by atoms with Crippen LogP contribution in [-0.2, 0) is 0 Å². The third-order valence-corrected chi connectivity index (χ3v) is 1.99. The molecule has 0 fully saturated rings.